The van der Waals surface area contributed by atoms with Crippen LogP contribution in [0.5, 0.6) is 11.5 Å². The maximum Gasteiger partial charge on any atom is 0.295 e. The lowest BCUT2D eigenvalue weighted by atomic mass is 9.95. The SMILES string of the molecule is CCCCCOc1ccc(C2C(=C(O)c3ccc(OCc4ccccc4C)cc3)C(=O)C(=O)N2CCOC)cc1. The van der Waals surface area contributed by atoms with E-state index in [0.29, 0.717) is 30.1 Å². The van der Waals surface area contributed by atoms with Gasteiger partial charge < -0.3 is 24.2 Å². The first-order valence-electron chi connectivity index (χ1n) is 13.7. The van der Waals surface area contributed by atoms with Crippen molar-refractivity contribution in [2.45, 2.75) is 45.8 Å². The van der Waals surface area contributed by atoms with E-state index in [9.17, 15) is 14.7 Å². The van der Waals surface area contributed by atoms with Gasteiger partial charge in [0, 0.05) is 19.2 Å². The number of likely N-dealkylation sites (tertiary alicyclic amines) is 1. The molecule has 7 heteroatoms. The first kappa shape index (κ1) is 28.9. The number of aliphatic hydroxyl groups is 1. The van der Waals surface area contributed by atoms with E-state index in [2.05, 4.69) is 6.92 Å². The van der Waals surface area contributed by atoms with E-state index in [1.165, 1.54) is 4.90 Å². The van der Waals surface area contributed by atoms with Crippen molar-refractivity contribution < 1.29 is 28.9 Å². The van der Waals surface area contributed by atoms with Gasteiger partial charge in [0.15, 0.2) is 0 Å². The Labute approximate surface area is 236 Å². The summed E-state index contributed by atoms with van der Waals surface area (Å²) in [5.41, 5.74) is 3.41. The molecule has 1 fully saturated rings. The maximum absolute atomic E-state index is 13.2. The van der Waals surface area contributed by atoms with Crippen molar-refractivity contribution >= 4 is 17.4 Å². The number of amides is 1. The molecule has 1 heterocycles. The number of benzene rings is 3. The van der Waals surface area contributed by atoms with Crippen molar-refractivity contribution in [1.29, 1.82) is 0 Å². The Morgan fingerprint density at radius 3 is 2.23 bits per heavy atom. The van der Waals surface area contributed by atoms with E-state index < -0.39 is 17.7 Å². The quantitative estimate of drug-likeness (QED) is 0.119. The predicted octanol–water partition coefficient (Wildman–Crippen LogP) is 6.21. The highest BCUT2D eigenvalue weighted by atomic mass is 16.5. The van der Waals surface area contributed by atoms with Crippen molar-refractivity contribution in [3.63, 3.8) is 0 Å². The molecule has 1 amide bonds. The number of methoxy groups -OCH3 is 1. The first-order chi connectivity index (χ1) is 19.4. The molecule has 1 aliphatic heterocycles. The lowest BCUT2D eigenvalue weighted by molar-refractivity contribution is -0.140. The van der Waals surface area contributed by atoms with Gasteiger partial charge >= 0.3 is 0 Å². The van der Waals surface area contributed by atoms with Crippen molar-refractivity contribution in [2.75, 3.05) is 26.9 Å². The van der Waals surface area contributed by atoms with Gasteiger partial charge in [-0.15, -0.1) is 0 Å². The summed E-state index contributed by atoms with van der Waals surface area (Å²) in [6.07, 6.45) is 3.20. The molecule has 0 spiro atoms. The number of aryl methyl sites for hydroxylation is 1. The van der Waals surface area contributed by atoms with E-state index in [0.717, 1.165) is 36.1 Å². The van der Waals surface area contributed by atoms with Crippen LogP contribution in [0.2, 0.25) is 0 Å². The van der Waals surface area contributed by atoms with E-state index in [1.807, 2.05) is 55.5 Å². The number of rotatable bonds is 13. The summed E-state index contributed by atoms with van der Waals surface area (Å²) in [5, 5.41) is 11.3. The van der Waals surface area contributed by atoms with Gasteiger partial charge in [0.25, 0.3) is 11.7 Å². The van der Waals surface area contributed by atoms with Crippen LogP contribution in [0.1, 0.15) is 54.5 Å². The molecule has 0 aromatic heterocycles. The number of hydrogen-bond donors (Lipinski definition) is 1. The Kier molecular flexibility index (Phi) is 9.97. The van der Waals surface area contributed by atoms with Crippen molar-refractivity contribution in [1.82, 2.24) is 4.90 Å². The van der Waals surface area contributed by atoms with Crippen LogP contribution in [0, 0.1) is 6.92 Å². The molecule has 210 valence electrons. The largest absolute Gasteiger partial charge is 0.507 e. The minimum atomic E-state index is -0.749. The van der Waals surface area contributed by atoms with Crippen LogP contribution < -0.4 is 9.47 Å². The molecule has 3 aromatic rings. The molecule has 1 N–H and O–H groups in total. The smallest absolute Gasteiger partial charge is 0.295 e. The zero-order chi connectivity index (χ0) is 28.5. The molecular weight excluding hydrogens is 506 g/mol. The lowest BCUT2D eigenvalue weighted by Crippen LogP contribution is -2.32. The Morgan fingerprint density at radius 2 is 1.55 bits per heavy atom. The Hall–Kier alpha value is -4.10. The highest BCUT2D eigenvalue weighted by Gasteiger charge is 2.45. The monoisotopic (exact) mass is 543 g/mol. The molecule has 1 saturated heterocycles. The molecule has 4 rings (SSSR count). The summed E-state index contributed by atoms with van der Waals surface area (Å²) in [4.78, 5) is 27.7. The number of unbranched alkanes of at least 4 members (excludes halogenated alkanes) is 2. The van der Waals surface area contributed by atoms with Crippen LogP contribution in [0.25, 0.3) is 5.76 Å². The first-order valence-corrected chi connectivity index (χ1v) is 13.7. The van der Waals surface area contributed by atoms with Crippen LogP contribution >= 0.6 is 0 Å². The fraction of sp³-hybridized carbons (Fsp3) is 0.333. The molecule has 1 aliphatic rings. The summed E-state index contributed by atoms with van der Waals surface area (Å²) >= 11 is 0. The highest BCUT2D eigenvalue weighted by molar-refractivity contribution is 6.46. The van der Waals surface area contributed by atoms with Gasteiger partial charge in [-0.05, 0) is 66.4 Å². The second kappa shape index (κ2) is 13.8. The number of hydrogen-bond acceptors (Lipinski definition) is 6. The number of carbonyl (C=O) groups is 2. The summed E-state index contributed by atoms with van der Waals surface area (Å²) in [7, 11) is 1.54. The van der Waals surface area contributed by atoms with Crippen molar-refractivity contribution in [3.05, 3.63) is 101 Å². The highest BCUT2D eigenvalue weighted by Crippen LogP contribution is 2.40. The third kappa shape index (κ3) is 6.72. The third-order valence-corrected chi connectivity index (χ3v) is 7.07. The van der Waals surface area contributed by atoms with E-state index in [-0.39, 0.29) is 24.5 Å². The number of ketones is 1. The third-order valence-electron chi connectivity index (χ3n) is 7.07. The van der Waals surface area contributed by atoms with E-state index >= 15 is 0 Å². The topological polar surface area (TPSA) is 85.3 Å². The van der Waals surface area contributed by atoms with Gasteiger partial charge in [-0.2, -0.15) is 0 Å². The molecule has 0 aliphatic carbocycles. The Morgan fingerprint density at radius 1 is 0.875 bits per heavy atom. The van der Waals surface area contributed by atoms with Gasteiger partial charge in [0.1, 0.15) is 23.9 Å². The molecule has 3 aromatic carbocycles. The van der Waals surface area contributed by atoms with Gasteiger partial charge in [0.05, 0.1) is 24.8 Å². The van der Waals surface area contributed by atoms with Crippen molar-refractivity contribution in [2.24, 2.45) is 0 Å². The molecular formula is C33H37NO6. The minimum absolute atomic E-state index is 0.0475. The molecule has 40 heavy (non-hydrogen) atoms. The summed E-state index contributed by atoms with van der Waals surface area (Å²) in [6.45, 7) is 5.69. The Balaban J connectivity index is 1.59. The standard InChI is InChI=1S/C33H37NO6/c1-4-5-8-20-39-27-15-11-24(12-16-27)30-29(32(36)33(37)34(30)19-21-38-3)31(35)25-13-17-28(18-14-25)40-22-26-10-7-6-9-23(26)2/h6-7,9-18,30,35H,4-5,8,19-22H2,1-3H3. The van der Waals surface area contributed by atoms with E-state index in [1.54, 1.807) is 31.4 Å². The molecule has 1 unspecified atom stereocenters. The van der Waals surface area contributed by atoms with Crippen molar-refractivity contribution in [3.8, 4) is 11.5 Å². The Bertz CT molecular complexity index is 1330. The van der Waals surface area contributed by atoms with Gasteiger partial charge in [0.2, 0.25) is 0 Å². The number of Topliss-reactive ketones (excluding diaryl/α,β-unsaturated/α-hetero) is 1. The average molecular weight is 544 g/mol. The maximum atomic E-state index is 13.2. The van der Waals surface area contributed by atoms with Crippen LogP contribution in [0.15, 0.2) is 78.4 Å². The number of aliphatic hydroxyl groups excluding tert-OH is 1. The van der Waals surface area contributed by atoms with Crippen LogP contribution in [0.4, 0.5) is 0 Å². The summed E-state index contributed by atoms with van der Waals surface area (Å²) in [5.74, 6) is -0.268. The van der Waals surface area contributed by atoms with Crippen LogP contribution in [0.3, 0.4) is 0 Å². The number of ether oxygens (including phenoxy) is 3. The summed E-state index contributed by atoms with van der Waals surface area (Å²) < 4.78 is 16.9. The molecule has 1 atom stereocenters. The normalized spacial score (nSPS) is 16.4. The van der Waals surface area contributed by atoms with Crippen LogP contribution in [-0.4, -0.2) is 48.6 Å². The van der Waals surface area contributed by atoms with Gasteiger partial charge in [-0.25, -0.2) is 0 Å². The zero-order valence-electron chi connectivity index (χ0n) is 23.4. The predicted molar refractivity (Wildman–Crippen MR) is 154 cm³/mol. The van der Waals surface area contributed by atoms with Gasteiger partial charge in [-0.3, -0.25) is 9.59 Å². The molecule has 0 saturated carbocycles. The zero-order valence-corrected chi connectivity index (χ0v) is 23.4. The second-order valence-electron chi connectivity index (χ2n) is 9.85. The number of nitrogens with zero attached hydrogens (tertiary/aromatic N) is 1. The molecule has 0 radical (unpaired) electrons. The van der Waals surface area contributed by atoms with Crippen LogP contribution in [-0.2, 0) is 20.9 Å². The summed E-state index contributed by atoms with van der Waals surface area (Å²) in [6, 6.07) is 21.5. The fourth-order valence-electron chi connectivity index (χ4n) is 4.73. The van der Waals surface area contributed by atoms with Gasteiger partial charge in [-0.1, -0.05) is 56.2 Å². The minimum Gasteiger partial charge on any atom is -0.507 e. The lowest BCUT2D eigenvalue weighted by Gasteiger charge is -2.25. The van der Waals surface area contributed by atoms with E-state index in [4.69, 9.17) is 14.2 Å². The second-order valence-corrected chi connectivity index (χ2v) is 9.85. The molecule has 7 nitrogen and oxygen atoms in total. The molecule has 0 bridgehead atoms. The number of carbonyl (C=O) groups excluding carboxylic acids is 2. The average Bonchev–Trinajstić information content (AvgIpc) is 3.23. The fourth-order valence-corrected chi connectivity index (χ4v) is 4.73.